The van der Waals surface area contributed by atoms with Crippen LogP contribution < -0.4 is 10.6 Å². The molecule has 1 fully saturated rings. The predicted octanol–water partition coefficient (Wildman–Crippen LogP) is 0.739. The van der Waals surface area contributed by atoms with Crippen LogP contribution in [-0.4, -0.2) is 55.7 Å². The number of carbonyl (C=O) groups excluding carboxylic acids is 1. The molecule has 0 aliphatic carbocycles. The summed E-state index contributed by atoms with van der Waals surface area (Å²) < 4.78 is 35.6. The molecule has 1 aliphatic heterocycles. The summed E-state index contributed by atoms with van der Waals surface area (Å²) in [6.45, 7) is 3.36. The van der Waals surface area contributed by atoms with Gasteiger partial charge in [-0.3, -0.25) is 4.79 Å². The van der Waals surface area contributed by atoms with Crippen LogP contribution in [0.4, 0.5) is 13.2 Å². The van der Waals surface area contributed by atoms with Crippen LogP contribution in [-0.2, 0) is 4.79 Å². The second kappa shape index (κ2) is 6.94. The second-order valence-corrected chi connectivity index (χ2v) is 4.52. The van der Waals surface area contributed by atoms with Crippen LogP contribution in [0.15, 0.2) is 0 Å². The first kappa shape index (κ1) is 15.2. The minimum Gasteiger partial charge on any atom is -0.351 e. The van der Waals surface area contributed by atoms with Crippen molar-refractivity contribution in [1.29, 1.82) is 0 Å². The van der Waals surface area contributed by atoms with Crippen LogP contribution in [0.1, 0.15) is 19.8 Å². The Morgan fingerprint density at radius 1 is 1.44 bits per heavy atom. The number of piperidine rings is 1. The van der Waals surface area contributed by atoms with Gasteiger partial charge in [0, 0.05) is 12.6 Å². The van der Waals surface area contributed by atoms with Gasteiger partial charge < -0.3 is 15.5 Å². The fraction of sp³-hybridized carbons (Fsp3) is 0.909. The fourth-order valence-electron chi connectivity index (χ4n) is 2.06. The number of likely N-dealkylation sites (tertiary alicyclic amines) is 1. The first-order chi connectivity index (χ1) is 8.40. The van der Waals surface area contributed by atoms with Crippen molar-refractivity contribution >= 4 is 5.91 Å². The number of hydrogen-bond acceptors (Lipinski definition) is 3. The molecule has 1 aliphatic rings. The predicted molar refractivity (Wildman–Crippen MR) is 62.2 cm³/mol. The van der Waals surface area contributed by atoms with Gasteiger partial charge in [-0.25, -0.2) is 0 Å². The highest BCUT2D eigenvalue weighted by atomic mass is 19.4. The lowest BCUT2D eigenvalue weighted by Crippen LogP contribution is -2.49. The summed E-state index contributed by atoms with van der Waals surface area (Å²) in [5, 5.41) is 4.85. The zero-order chi connectivity index (χ0) is 13.6. The summed E-state index contributed by atoms with van der Waals surface area (Å²) in [7, 11) is 0. The van der Waals surface area contributed by atoms with E-state index in [1.54, 1.807) is 0 Å². The van der Waals surface area contributed by atoms with E-state index in [1.165, 1.54) is 0 Å². The van der Waals surface area contributed by atoms with Crippen molar-refractivity contribution in [2.75, 3.05) is 32.7 Å². The van der Waals surface area contributed by atoms with Crippen LogP contribution in [0.3, 0.4) is 0 Å². The highest BCUT2D eigenvalue weighted by Crippen LogP contribution is 2.12. The summed E-state index contributed by atoms with van der Waals surface area (Å²) in [4.78, 5) is 13.7. The number of hydrogen-bond donors (Lipinski definition) is 2. The summed E-state index contributed by atoms with van der Waals surface area (Å²) in [6, 6.07) is 0.0545. The molecule has 0 aromatic rings. The van der Waals surface area contributed by atoms with Crippen molar-refractivity contribution in [2.45, 2.75) is 32.0 Å². The average molecular weight is 267 g/mol. The highest BCUT2D eigenvalue weighted by Gasteiger charge is 2.27. The topological polar surface area (TPSA) is 44.4 Å². The van der Waals surface area contributed by atoms with Crippen LogP contribution >= 0.6 is 0 Å². The molecule has 0 aromatic heterocycles. The third-order valence-corrected chi connectivity index (χ3v) is 2.93. The Hall–Kier alpha value is -0.820. The number of rotatable bonds is 5. The molecule has 0 aromatic carbocycles. The van der Waals surface area contributed by atoms with Gasteiger partial charge >= 0.3 is 6.18 Å². The standard InChI is InChI=1S/C11H20F3N3O/c1-2-17-5-3-4-9(7-17)16-10(18)6-15-8-11(12,13)14/h9,15H,2-8H2,1H3,(H,16,18). The maximum atomic E-state index is 11.9. The van der Waals surface area contributed by atoms with Crippen LogP contribution in [0.5, 0.6) is 0 Å². The lowest BCUT2D eigenvalue weighted by Gasteiger charge is -2.32. The SMILES string of the molecule is CCN1CCCC(NC(=O)CNCC(F)(F)F)C1. The number of nitrogens with zero attached hydrogens (tertiary/aromatic N) is 1. The minimum absolute atomic E-state index is 0.0545. The molecular weight excluding hydrogens is 247 g/mol. The molecule has 7 heteroatoms. The lowest BCUT2D eigenvalue weighted by atomic mass is 10.1. The zero-order valence-electron chi connectivity index (χ0n) is 10.5. The van der Waals surface area contributed by atoms with Crippen LogP contribution in [0.25, 0.3) is 0 Å². The Labute approximate surface area is 105 Å². The second-order valence-electron chi connectivity index (χ2n) is 4.52. The third-order valence-electron chi connectivity index (χ3n) is 2.93. The van der Waals surface area contributed by atoms with E-state index in [0.717, 1.165) is 32.5 Å². The van der Waals surface area contributed by atoms with E-state index < -0.39 is 12.7 Å². The van der Waals surface area contributed by atoms with E-state index in [9.17, 15) is 18.0 Å². The van der Waals surface area contributed by atoms with Crippen molar-refractivity contribution in [3.05, 3.63) is 0 Å². The highest BCUT2D eigenvalue weighted by molar-refractivity contribution is 5.78. The monoisotopic (exact) mass is 267 g/mol. The van der Waals surface area contributed by atoms with E-state index >= 15 is 0 Å². The van der Waals surface area contributed by atoms with Gasteiger partial charge in [-0.15, -0.1) is 0 Å². The Morgan fingerprint density at radius 2 is 2.17 bits per heavy atom. The molecular formula is C11H20F3N3O. The van der Waals surface area contributed by atoms with Gasteiger partial charge in [0.25, 0.3) is 0 Å². The summed E-state index contributed by atoms with van der Waals surface area (Å²) >= 11 is 0. The van der Waals surface area contributed by atoms with Gasteiger partial charge in [-0.05, 0) is 25.9 Å². The fourth-order valence-corrected chi connectivity index (χ4v) is 2.06. The third kappa shape index (κ3) is 6.20. The van der Waals surface area contributed by atoms with Gasteiger partial charge in [0.05, 0.1) is 13.1 Å². The molecule has 106 valence electrons. The molecule has 0 radical (unpaired) electrons. The largest absolute Gasteiger partial charge is 0.401 e. The molecule has 2 N–H and O–H groups in total. The number of nitrogens with one attached hydrogen (secondary N) is 2. The van der Waals surface area contributed by atoms with E-state index in [-0.39, 0.29) is 18.5 Å². The molecule has 1 atom stereocenters. The van der Waals surface area contributed by atoms with E-state index in [1.807, 2.05) is 0 Å². The number of halogens is 3. The van der Waals surface area contributed by atoms with Crippen molar-refractivity contribution in [2.24, 2.45) is 0 Å². The number of alkyl halides is 3. The lowest BCUT2D eigenvalue weighted by molar-refractivity contribution is -0.128. The van der Waals surface area contributed by atoms with Gasteiger partial charge in [0.1, 0.15) is 0 Å². The molecule has 18 heavy (non-hydrogen) atoms. The summed E-state index contributed by atoms with van der Waals surface area (Å²) in [6.07, 6.45) is -2.37. The Bertz CT molecular complexity index is 271. The van der Waals surface area contributed by atoms with Crippen LogP contribution in [0, 0.1) is 0 Å². The molecule has 0 saturated carbocycles. The van der Waals surface area contributed by atoms with Gasteiger partial charge in [0.15, 0.2) is 0 Å². The van der Waals surface area contributed by atoms with E-state index in [2.05, 4.69) is 22.5 Å². The van der Waals surface area contributed by atoms with Gasteiger partial charge in [-0.1, -0.05) is 6.92 Å². The van der Waals surface area contributed by atoms with E-state index in [4.69, 9.17) is 0 Å². The summed E-state index contributed by atoms with van der Waals surface area (Å²) in [5.74, 6) is -0.373. The van der Waals surface area contributed by atoms with Gasteiger partial charge in [-0.2, -0.15) is 13.2 Å². The normalized spacial score (nSPS) is 21.9. The van der Waals surface area contributed by atoms with Crippen molar-refractivity contribution in [3.63, 3.8) is 0 Å². The smallest absolute Gasteiger partial charge is 0.351 e. The number of carbonyl (C=O) groups is 1. The Kier molecular flexibility index (Phi) is 5.87. The molecule has 1 unspecified atom stereocenters. The summed E-state index contributed by atoms with van der Waals surface area (Å²) in [5.41, 5.74) is 0. The number of likely N-dealkylation sites (N-methyl/N-ethyl adjacent to an activating group) is 1. The molecule has 4 nitrogen and oxygen atoms in total. The zero-order valence-corrected chi connectivity index (χ0v) is 10.5. The van der Waals surface area contributed by atoms with E-state index in [0.29, 0.717) is 0 Å². The molecule has 0 spiro atoms. The van der Waals surface area contributed by atoms with Crippen molar-refractivity contribution < 1.29 is 18.0 Å². The maximum absolute atomic E-state index is 11.9. The number of amides is 1. The van der Waals surface area contributed by atoms with Crippen LogP contribution in [0.2, 0.25) is 0 Å². The molecule has 1 heterocycles. The molecule has 1 saturated heterocycles. The quantitative estimate of drug-likeness (QED) is 0.772. The first-order valence-corrected chi connectivity index (χ1v) is 6.20. The van der Waals surface area contributed by atoms with Crippen molar-refractivity contribution in [1.82, 2.24) is 15.5 Å². The average Bonchev–Trinajstić information content (AvgIpc) is 2.27. The molecule has 1 rings (SSSR count). The van der Waals surface area contributed by atoms with Crippen molar-refractivity contribution in [3.8, 4) is 0 Å². The van der Waals surface area contributed by atoms with Gasteiger partial charge in [0.2, 0.25) is 5.91 Å². The maximum Gasteiger partial charge on any atom is 0.401 e. The molecule has 1 amide bonds. The molecule has 0 bridgehead atoms. The Morgan fingerprint density at radius 3 is 2.78 bits per heavy atom. The first-order valence-electron chi connectivity index (χ1n) is 6.20. The minimum atomic E-state index is -4.27. The Balaban J connectivity index is 2.19.